The first kappa shape index (κ1) is 19.8. The first-order chi connectivity index (χ1) is 14.4. The van der Waals surface area contributed by atoms with Crippen LogP contribution in [0.5, 0.6) is 0 Å². The highest BCUT2D eigenvalue weighted by Crippen LogP contribution is 2.21. The van der Waals surface area contributed by atoms with Gasteiger partial charge in [-0.1, -0.05) is 6.07 Å². The summed E-state index contributed by atoms with van der Waals surface area (Å²) in [6.07, 6.45) is 5.55. The number of carbonyl (C=O) groups is 1. The number of rotatable bonds is 5. The van der Waals surface area contributed by atoms with Gasteiger partial charge in [0.1, 0.15) is 22.8 Å². The van der Waals surface area contributed by atoms with Crippen LogP contribution >= 0.6 is 0 Å². The van der Waals surface area contributed by atoms with Crippen LogP contribution in [0.2, 0.25) is 0 Å². The molecule has 4 heterocycles. The monoisotopic (exact) mass is 429 g/mol. The van der Waals surface area contributed by atoms with E-state index in [0.29, 0.717) is 24.7 Å². The number of hydrogen-bond acceptors (Lipinski definition) is 9. The van der Waals surface area contributed by atoms with Crippen molar-refractivity contribution in [2.24, 2.45) is 0 Å². The molecule has 0 saturated carbocycles. The van der Waals surface area contributed by atoms with Crippen molar-refractivity contribution < 1.29 is 17.6 Å². The van der Waals surface area contributed by atoms with E-state index in [4.69, 9.17) is 10.2 Å². The fraction of sp³-hybridized carbons (Fsp3) is 0.222. The van der Waals surface area contributed by atoms with Crippen LogP contribution in [0.15, 0.2) is 58.5 Å². The van der Waals surface area contributed by atoms with Crippen molar-refractivity contribution in [3.05, 3.63) is 54.9 Å². The van der Waals surface area contributed by atoms with Gasteiger partial charge in [-0.25, -0.2) is 23.4 Å². The summed E-state index contributed by atoms with van der Waals surface area (Å²) in [5.41, 5.74) is 5.82. The number of hydrogen-bond donors (Lipinski definition) is 2. The Morgan fingerprint density at radius 2 is 1.93 bits per heavy atom. The smallest absolute Gasteiger partial charge is 0.279 e. The van der Waals surface area contributed by atoms with Crippen LogP contribution in [0.25, 0.3) is 0 Å². The highest BCUT2D eigenvalue weighted by molar-refractivity contribution is 7.89. The molecule has 4 rings (SSSR count). The molecule has 0 aliphatic carbocycles. The Morgan fingerprint density at radius 3 is 2.60 bits per heavy atom. The third-order valence-corrected chi connectivity index (χ3v) is 6.48. The summed E-state index contributed by atoms with van der Waals surface area (Å²) in [5.74, 6) is 0.276. The predicted octanol–water partition coefficient (Wildman–Crippen LogP) is 0.810. The van der Waals surface area contributed by atoms with Crippen LogP contribution in [-0.2, 0) is 10.0 Å². The number of furan rings is 1. The lowest BCUT2D eigenvalue weighted by Crippen LogP contribution is -2.49. The zero-order valence-electron chi connectivity index (χ0n) is 15.8. The summed E-state index contributed by atoms with van der Waals surface area (Å²) in [4.78, 5) is 27.0. The highest BCUT2D eigenvalue weighted by Gasteiger charge is 2.30. The molecular weight excluding hydrogens is 410 g/mol. The summed E-state index contributed by atoms with van der Waals surface area (Å²) in [6.45, 7) is 1.29. The zero-order chi connectivity index (χ0) is 21.1. The summed E-state index contributed by atoms with van der Waals surface area (Å²) in [5, 5.41) is 2.62. The minimum atomic E-state index is -3.60. The van der Waals surface area contributed by atoms with E-state index >= 15 is 0 Å². The topological polar surface area (TPSA) is 148 Å². The summed E-state index contributed by atoms with van der Waals surface area (Å²) < 4.78 is 31.5. The summed E-state index contributed by atoms with van der Waals surface area (Å²) in [7, 11) is -3.60. The Morgan fingerprint density at radius 1 is 1.13 bits per heavy atom. The zero-order valence-corrected chi connectivity index (χ0v) is 16.6. The van der Waals surface area contributed by atoms with Gasteiger partial charge in [0, 0.05) is 32.4 Å². The molecule has 0 spiro atoms. The van der Waals surface area contributed by atoms with Crippen molar-refractivity contribution in [3.8, 4) is 0 Å². The lowest BCUT2D eigenvalue weighted by Gasteiger charge is -2.34. The molecule has 30 heavy (non-hydrogen) atoms. The van der Waals surface area contributed by atoms with Crippen molar-refractivity contribution in [2.45, 2.75) is 4.90 Å². The van der Waals surface area contributed by atoms with Gasteiger partial charge in [0.25, 0.3) is 5.91 Å². The van der Waals surface area contributed by atoms with E-state index in [1.807, 2.05) is 4.90 Å². The quantitative estimate of drug-likeness (QED) is 0.601. The maximum Gasteiger partial charge on any atom is 0.279 e. The number of nitrogen functional groups attached to an aromatic ring is 1. The molecule has 1 aliphatic heterocycles. The molecule has 3 aromatic heterocycles. The number of pyridine rings is 1. The second-order valence-corrected chi connectivity index (χ2v) is 8.42. The molecule has 0 radical (unpaired) electrons. The average Bonchev–Trinajstić information content (AvgIpc) is 3.31. The average molecular weight is 429 g/mol. The van der Waals surface area contributed by atoms with Crippen molar-refractivity contribution in [2.75, 3.05) is 42.1 Å². The third-order valence-electron chi connectivity index (χ3n) is 4.61. The fourth-order valence-electron chi connectivity index (χ4n) is 3.03. The molecular formula is C18H19N7O4S. The van der Waals surface area contributed by atoms with E-state index in [9.17, 15) is 13.2 Å². The van der Waals surface area contributed by atoms with Crippen molar-refractivity contribution >= 4 is 33.4 Å². The standard InChI is InChI=1S/C18H19N7O4S/c19-17-16(18(26)22-14-3-1-2-5-20-14)23-15(11-21-17)24-6-8-25(9-7-24)30(27,28)13-4-10-29-12-13/h1-5,10-12H,6-9H2,(H2,19,21)(H,20,22,26). The largest absolute Gasteiger partial charge is 0.471 e. The highest BCUT2D eigenvalue weighted by atomic mass is 32.2. The van der Waals surface area contributed by atoms with Crippen LogP contribution in [-0.4, -0.2) is 59.8 Å². The molecule has 0 unspecified atom stereocenters. The Hall–Kier alpha value is -3.51. The fourth-order valence-corrected chi connectivity index (χ4v) is 4.37. The number of sulfonamides is 1. The molecule has 12 heteroatoms. The number of piperazine rings is 1. The Kier molecular flexibility index (Phi) is 5.33. The van der Waals surface area contributed by atoms with Gasteiger partial charge in [0.15, 0.2) is 11.5 Å². The molecule has 1 amide bonds. The predicted molar refractivity (Wildman–Crippen MR) is 108 cm³/mol. The lowest BCUT2D eigenvalue weighted by molar-refractivity contribution is 0.102. The van der Waals surface area contributed by atoms with Crippen molar-refractivity contribution in [3.63, 3.8) is 0 Å². The van der Waals surface area contributed by atoms with E-state index in [2.05, 4.69) is 20.3 Å². The summed E-state index contributed by atoms with van der Waals surface area (Å²) >= 11 is 0. The van der Waals surface area contributed by atoms with Gasteiger partial charge in [0.05, 0.1) is 12.5 Å². The molecule has 11 nitrogen and oxygen atoms in total. The minimum absolute atomic E-state index is 0.00615. The summed E-state index contributed by atoms with van der Waals surface area (Å²) in [6, 6.07) is 6.53. The Labute approximate surface area is 172 Å². The second-order valence-electron chi connectivity index (χ2n) is 6.48. The van der Waals surface area contributed by atoms with Crippen LogP contribution in [0, 0.1) is 0 Å². The minimum Gasteiger partial charge on any atom is -0.471 e. The molecule has 0 atom stereocenters. The van der Waals surface area contributed by atoms with Crippen LogP contribution in [0.3, 0.4) is 0 Å². The number of anilines is 3. The maximum absolute atomic E-state index is 12.6. The van der Waals surface area contributed by atoms with Crippen LogP contribution in [0.4, 0.5) is 17.5 Å². The molecule has 3 N–H and O–H groups in total. The van der Waals surface area contributed by atoms with E-state index in [0.717, 1.165) is 0 Å². The van der Waals surface area contributed by atoms with Crippen LogP contribution < -0.4 is 16.0 Å². The lowest BCUT2D eigenvalue weighted by atomic mass is 10.3. The first-order valence-corrected chi connectivity index (χ1v) is 10.5. The molecule has 1 fully saturated rings. The third kappa shape index (κ3) is 3.95. The van der Waals surface area contributed by atoms with E-state index < -0.39 is 15.9 Å². The molecule has 0 bridgehead atoms. The maximum atomic E-state index is 12.6. The van der Waals surface area contributed by atoms with Crippen molar-refractivity contribution in [1.29, 1.82) is 0 Å². The Bertz CT molecular complexity index is 1130. The molecule has 0 aromatic carbocycles. The molecule has 1 aliphatic rings. The molecule has 156 valence electrons. The number of nitrogens with two attached hydrogens (primary N) is 1. The number of nitrogens with one attached hydrogen (secondary N) is 1. The SMILES string of the molecule is Nc1ncc(N2CCN(S(=O)(=O)c3ccoc3)CC2)nc1C(=O)Nc1ccccn1. The van der Waals surface area contributed by atoms with Gasteiger partial charge in [-0.05, 0) is 18.2 Å². The van der Waals surface area contributed by atoms with Crippen molar-refractivity contribution in [1.82, 2.24) is 19.3 Å². The van der Waals surface area contributed by atoms with Gasteiger partial charge in [-0.15, -0.1) is 0 Å². The normalized spacial score (nSPS) is 15.1. The van der Waals surface area contributed by atoms with E-state index in [1.54, 1.807) is 24.4 Å². The van der Waals surface area contributed by atoms with Gasteiger partial charge in [-0.2, -0.15) is 4.31 Å². The van der Waals surface area contributed by atoms with Gasteiger partial charge in [0.2, 0.25) is 10.0 Å². The van der Waals surface area contributed by atoms with Gasteiger partial charge in [-0.3, -0.25) is 4.79 Å². The first-order valence-electron chi connectivity index (χ1n) is 9.07. The van der Waals surface area contributed by atoms with Gasteiger partial charge < -0.3 is 20.4 Å². The molecule has 1 saturated heterocycles. The Balaban J connectivity index is 1.47. The number of carbonyl (C=O) groups excluding carboxylic acids is 1. The number of nitrogens with zero attached hydrogens (tertiary/aromatic N) is 5. The van der Waals surface area contributed by atoms with Gasteiger partial charge >= 0.3 is 0 Å². The second kappa shape index (κ2) is 8.08. The van der Waals surface area contributed by atoms with E-state index in [-0.39, 0.29) is 29.5 Å². The number of aromatic nitrogens is 3. The number of amides is 1. The van der Waals surface area contributed by atoms with Crippen LogP contribution in [0.1, 0.15) is 10.5 Å². The molecule has 3 aromatic rings. The van der Waals surface area contributed by atoms with E-state index in [1.165, 1.54) is 29.1 Å².